The number of H-pyrrole nitrogens is 1. The van der Waals surface area contributed by atoms with Crippen molar-refractivity contribution in [3.05, 3.63) is 70.0 Å². The Labute approximate surface area is 166 Å². The number of pyridine rings is 1. The van der Waals surface area contributed by atoms with Gasteiger partial charge in [-0.3, -0.25) is 9.59 Å². The van der Waals surface area contributed by atoms with Crippen LogP contribution in [0.4, 0.5) is 0 Å². The van der Waals surface area contributed by atoms with Gasteiger partial charge in [-0.2, -0.15) is 5.10 Å². The van der Waals surface area contributed by atoms with Crippen LogP contribution in [0.1, 0.15) is 23.5 Å². The molecule has 2 atom stereocenters. The summed E-state index contributed by atoms with van der Waals surface area (Å²) in [6.45, 7) is 0.979. The summed E-state index contributed by atoms with van der Waals surface area (Å²) in [7, 11) is 0. The Hall–Kier alpha value is -3.61. The van der Waals surface area contributed by atoms with Crippen LogP contribution < -0.4 is 20.5 Å². The number of ether oxygens (including phenoxy) is 2. The Morgan fingerprint density at radius 1 is 1.10 bits per heavy atom. The van der Waals surface area contributed by atoms with Crippen molar-refractivity contribution in [3.8, 4) is 11.5 Å². The van der Waals surface area contributed by atoms with E-state index >= 15 is 0 Å². The summed E-state index contributed by atoms with van der Waals surface area (Å²) in [5, 5.41) is 4.78. The Kier molecular flexibility index (Phi) is 4.27. The number of aromatic amines is 1. The van der Waals surface area contributed by atoms with Crippen molar-refractivity contribution in [2.24, 2.45) is 11.0 Å². The number of aromatic nitrogens is 1. The summed E-state index contributed by atoms with van der Waals surface area (Å²) in [6.07, 6.45) is 2.18. The van der Waals surface area contributed by atoms with E-state index in [-0.39, 0.29) is 23.3 Å². The van der Waals surface area contributed by atoms with Crippen LogP contribution in [0, 0.1) is 5.92 Å². The molecule has 5 rings (SSSR count). The highest BCUT2D eigenvalue weighted by Gasteiger charge is 2.43. The number of carbonyl (C=O) groups is 1. The highest BCUT2D eigenvalue weighted by Crippen LogP contribution is 2.47. The van der Waals surface area contributed by atoms with Crippen LogP contribution in [0.5, 0.6) is 11.5 Å². The van der Waals surface area contributed by atoms with Gasteiger partial charge in [-0.25, -0.2) is 5.43 Å². The van der Waals surface area contributed by atoms with Gasteiger partial charge in [0, 0.05) is 17.4 Å². The molecule has 2 aliphatic rings. The molecule has 29 heavy (non-hydrogen) atoms. The molecule has 1 saturated carbocycles. The molecule has 0 radical (unpaired) electrons. The van der Waals surface area contributed by atoms with E-state index in [1.165, 1.54) is 6.21 Å². The van der Waals surface area contributed by atoms with Crippen molar-refractivity contribution in [2.75, 3.05) is 13.2 Å². The number of nitrogens with zero attached hydrogens (tertiary/aromatic N) is 1. The summed E-state index contributed by atoms with van der Waals surface area (Å²) in [5.41, 5.74) is 4.43. The number of carbonyl (C=O) groups excluding carboxylic acids is 1. The minimum atomic E-state index is -0.291. The monoisotopic (exact) mass is 389 g/mol. The average Bonchev–Trinajstić information content (AvgIpc) is 3.54. The summed E-state index contributed by atoms with van der Waals surface area (Å²) in [5.74, 6) is 1.29. The van der Waals surface area contributed by atoms with Crippen LogP contribution in [-0.2, 0) is 4.79 Å². The van der Waals surface area contributed by atoms with Gasteiger partial charge >= 0.3 is 0 Å². The van der Waals surface area contributed by atoms with Gasteiger partial charge in [0.25, 0.3) is 5.56 Å². The van der Waals surface area contributed by atoms with Gasteiger partial charge in [0.05, 0.1) is 17.3 Å². The summed E-state index contributed by atoms with van der Waals surface area (Å²) in [4.78, 5) is 27.4. The number of hydrazone groups is 1. The lowest BCUT2D eigenvalue weighted by Gasteiger charge is -2.18. The van der Waals surface area contributed by atoms with E-state index in [0.29, 0.717) is 35.8 Å². The van der Waals surface area contributed by atoms with Crippen molar-refractivity contribution < 1.29 is 14.3 Å². The number of hydrogen-bond acceptors (Lipinski definition) is 5. The first-order chi connectivity index (χ1) is 14.2. The molecule has 3 aromatic rings. The first kappa shape index (κ1) is 17.5. The van der Waals surface area contributed by atoms with Gasteiger partial charge < -0.3 is 14.5 Å². The van der Waals surface area contributed by atoms with E-state index in [1.54, 1.807) is 12.1 Å². The summed E-state index contributed by atoms with van der Waals surface area (Å²) >= 11 is 0. The van der Waals surface area contributed by atoms with Crippen LogP contribution in [0.3, 0.4) is 0 Å². The lowest BCUT2D eigenvalue weighted by molar-refractivity contribution is -0.122. The second-order valence-electron chi connectivity index (χ2n) is 7.23. The third kappa shape index (κ3) is 3.47. The van der Waals surface area contributed by atoms with Crippen molar-refractivity contribution in [2.45, 2.75) is 12.3 Å². The number of benzene rings is 2. The van der Waals surface area contributed by atoms with Crippen LogP contribution in [0.2, 0.25) is 0 Å². The Morgan fingerprint density at radius 2 is 1.86 bits per heavy atom. The summed E-state index contributed by atoms with van der Waals surface area (Å²) < 4.78 is 11.1. The second-order valence-corrected chi connectivity index (χ2v) is 7.23. The molecule has 0 unspecified atom stereocenters. The van der Waals surface area contributed by atoms with E-state index in [9.17, 15) is 9.59 Å². The standard InChI is InChI=1S/C22H19N3O4/c26-21-15(8-14-9-19-20(11-18(14)24-21)29-7-6-28-19)12-23-25-22(27)17-10-16(17)13-4-2-1-3-5-13/h1-5,8-9,11-12,16-17H,6-7,10H2,(H,24,26)(H,25,27)/b23-12+/t16-,17+/m1/s1. The maximum Gasteiger partial charge on any atom is 0.257 e. The van der Waals surface area contributed by atoms with Gasteiger partial charge in [0.2, 0.25) is 5.91 Å². The molecule has 2 aromatic carbocycles. The van der Waals surface area contributed by atoms with Crippen molar-refractivity contribution in [1.82, 2.24) is 10.4 Å². The molecule has 0 saturated heterocycles. The molecule has 1 aromatic heterocycles. The first-order valence-electron chi connectivity index (χ1n) is 9.53. The number of rotatable bonds is 4. The predicted octanol–water partition coefficient (Wildman–Crippen LogP) is 2.55. The van der Waals surface area contributed by atoms with Gasteiger partial charge in [-0.15, -0.1) is 0 Å². The van der Waals surface area contributed by atoms with E-state index in [1.807, 2.05) is 36.4 Å². The molecule has 2 N–H and O–H groups in total. The Balaban J connectivity index is 1.30. The molecule has 1 fully saturated rings. The quantitative estimate of drug-likeness (QED) is 0.530. The summed E-state index contributed by atoms with van der Waals surface area (Å²) in [6, 6.07) is 15.3. The number of fused-ring (bicyclic) bond motifs is 2. The van der Waals surface area contributed by atoms with Crippen molar-refractivity contribution in [3.63, 3.8) is 0 Å². The van der Waals surface area contributed by atoms with E-state index < -0.39 is 0 Å². The molecule has 0 spiro atoms. The molecule has 1 aliphatic heterocycles. The zero-order valence-corrected chi connectivity index (χ0v) is 15.6. The molecule has 0 bridgehead atoms. The van der Waals surface area contributed by atoms with Gasteiger partial charge in [-0.1, -0.05) is 30.3 Å². The molecule has 1 amide bonds. The smallest absolute Gasteiger partial charge is 0.257 e. The van der Waals surface area contributed by atoms with Crippen LogP contribution >= 0.6 is 0 Å². The fourth-order valence-electron chi connectivity index (χ4n) is 3.66. The van der Waals surface area contributed by atoms with Crippen molar-refractivity contribution in [1.29, 1.82) is 0 Å². The van der Waals surface area contributed by atoms with Gasteiger partial charge in [0.1, 0.15) is 13.2 Å². The lowest BCUT2D eigenvalue weighted by atomic mass is 10.1. The molecule has 1 aliphatic carbocycles. The molecule has 146 valence electrons. The fraction of sp³-hybridized carbons (Fsp3) is 0.227. The molecule has 2 heterocycles. The zero-order chi connectivity index (χ0) is 19.8. The lowest BCUT2D eigenvalue weighted by Crippen LogP contribution is -2.21. The number of hydrogen-bond donors (Lipinski definition) is 2. The maximum absolute atomic E-state index is 12.3. The van der Waals surface area contributed by atoms with E-state index in [4.69, 9.17) is 9.47 Å². The van der Waals surface area contributed by atoms with Crippen LogP contribution in [0.15, 0.2) is 58.4 Å². The van der Waals surface area contributed by atoms with Crippen molar-refractivity contribution >= 4 is 23.0 Å². The van der Waals surface area contributed by atoms with E-state index in [0.717, 1.165) is 17.4 Å². The van der Waals surface area contributed by atoms with E-state index in [2.05, 4.69) is 15.5 Å². The van der Waals surface area contributed by atoms with Gasteiger partial charge in [-0.05, 0) is 30.0 Å². The maximum atomic E-state index is 12.3. The average molecular weight is 389 g/mol. The Morgan fingerprint density at radius 3 is 2.66 bits per heavy atom. The first-order valence-corrected chi connectivity index (χ1v) is 9.53. The molecule has 7 heteroatoms. The Bertz CT molecular complexity index is 1170. The SMILES string of the molecule is O=C(N/N=C/c1cc2cc3c(cc2[nH]c1=O)OCCO3)[C@H]1C[C@@H]1c1ccccc1. The third-order valence-corrected chi connectivity index (χ3v) is 5.27. The molecular weight excluding hydrogens is 370 g/mol. The largest absolute Gasteiger partial charge is 0.486 e. The zero-order valence-electron chi connectivity index (χ0n) is 15.6. The molecular formula is C22H19N3O4. The number of amides is 1. The highest BCUT2D eigenvalue weighted by atomic mass is 16.6. The normalized spacial score (nSPS) is 20.0. The minimum absolute atomic E-state index is 0.0758. The molecule has 7 nitrogen and oxygen atoms in total. The topological polar surface area (TPSA) is 92.8 Å². The number of nitrogens with one attached hydrogen (secondary N) is 2. The second kappa shape index (κ2) is 7.09. The predicted molar refractivity (Wildman–Crippen MR) is 109 cm³/mol. The minimum Gasteiger partial charge on any atom is -0.486 e. The van der Waals surface area contributed by atoms with Gasteiger partial charge in [0.15, 0.2) is 11.5 Å². The van der Waals surface area contributed by atoms with Crippen LogP contribution in [-0.4, -0.2) is 30.3 Å². The third-order valence-electron chi connectivity index (χ3n) is 5.27. The highest BCUT2D eigenvalue weighted by molar-refractivity contribution is 5.90. The fourth-order valence-corrected chi connectivity index (χ4v) is 3.66. The van der Waals surface area contributed by atoms with Crippen LogP contribution in [0.25, 0.3) is 10.9 Å².